The van der Waals surface area contributed by atoms with Gasteiger partial charge in [0.15, 0.2) is 0 Å². The molecule has 0 unspecified atom stereocenters. The smallest absolute Gasteiger partial charge is 0.332 e. The second-order valence-corrected chi connectivity index (χ2v) is 2.19. The summed E-state index contributed by atoms with van der Waals surface area (Å²) in [7, 11) is 0. The highest BCUT2D eigenvalue weighted by atomic mass is 16.7. The molecule has 1 amide bonds. The average molecular weight is 185 g/mol. The first-order chi connectivity index (χ1) is 6.09. The maximum atomic E-state index is 10.5. The summed E-state index contributed by atoms with van der Waals surface area (Å²) in [4.78, 5) is 26.2. The largest absolute Gasteiger partial charge is 0.369 e. The fourth-order valence-electron chi connectivity index (χ4n) is 0.649. The Balaban J connectivity index is 2.76. The van der Waals surface area contributed by atoms with Gasteiger partial charge in [-0.3, -0.25) is 4.79 Å². The summed E-state index contributed by atoms with van der Waals surface area (Å²) >= 11 is 0. The number of primary amides is 1. The lowest BCUT2D eigenvalue weighted by molar-refractivity contribution is -0.143. The third kappa shape index (κ3) is 2.51. The predicted molar refractivity (Wildman–Crippen MR) is 38.0 cm³/mol. The van der Waals surface area contributed by atoms with Crippen molar-refractivity contribution < 1.29 is 14.4 Å². The number of nitrogens with two attached hydrogens (primary N) is 1. The topological polar surface area (TPSA) is 113 Å². The molecule has 0 saturated carbocycles. The predicted octanol–water partition coefficient (Wildman–Crippen LogP) is -2.32. The van der Waals surface area contributed by atoms with E-state index >= 15 is 0 Å². The molecule has 2 N–H and O–H groups in total. The normalized spacial score (nSPS) is 9.62. The average Bonchev–Trinajstić information content (AvgIpc) is 2.34. The fraction of sp³-hybridized carbons (Fsp3) is 0.400. The molecule has 0 spiro atoms. The van der Waals surface area contributed by atoms with Gasteiger partial charge in [0, 0.05) is 6.92 Å². The van der Waals surface area contributed by atoms with Gasteiger partial charge in [0.2, 0.25) is 11.7 Å². The summed E-state index contributed by atoms with van der Waals surface area (Å²) in [5.74, 6) is -1.11. The molecular formula is C5H7N5O3. The van der Waals surface area contributed by atoms with Crippen LogP contribution in [0.3, 0.4) is 0 Å². The molecule has 1 rings (SSSR count). The Bertz CT molecular complexity index is 302. The zero-order chi connectivity index (χ0) is 9.84. The molecule has 1 aromatic heterocycles. The van der Waals surface area contributed by atoms with Gasteiger partial charge in [0.1, 0.15) is 0 Å². The first-order valence-electron chi connectivity index (χ1n) is 3.34. The van der Waals surface area contributed by atoms with Crippen molar-refractivity contribution in [1.29, 1.82) is 0 Å². The summed E-state index contributed by atoms with van der Waals surface area (Å²) in [6, 6.07) is 0. The van der Waals surface area contributed by atoms with Crippen LogP contribution in [0.5, 0.6) is 0 Å². The van der Waals surface area contributed by atoms with Gasteiger partial charge in [-0.05, 0) is 10.4 Å². The Hall–Kier alpha value is -1.99. The highest BCUT2D eigenvalue weighted by molar-refractivity contribution is 5.75. The first-order valence-corrected chi connectivity index (χ1v) is 3.34. The maximum absolute atomic E-state index is 10.5. The minimum atomic E-state index is -0.608. The number of hydrogen-bond acceptors (Lipinski definition) is 6. The van der Waals surface area contributed by atoms with Gasteiger partial charge in [-0.1, -0.05) is 4.85 Å². The van der Waals surface area contributed by atoms with E-state index in [4.69, 9.17) is 5.73 Å². The summed E-state index contributed by atoms with van der Waals surface area (Å²) in [6.07, 6.45) is -0.180. The van der Waals surface area contributed by atoms with Gasteiger partial charge in [-0.25, -0.2) is 4.79 Å². The number of carbonyl (C=O) groups is 2. The van der Waals surface area contributed by atoms with E-state index in [1.807, 2.05) is 0 Å². The summed E-state index contributed by atoms with van der Waals surface area (Å²) in [5.41, 5.74) is 4.90. The molecule has 13 heavy (non-hydrogen) atoms. The second-order valence-electron chi connectivity index (χ2n) is 2.19. The van der Waals surface area contributed by atoms with Gasteiger partial charge >= 0.3 is 5.97 Å². The Morgan fingerprint density at radius 1 is 1.62 bits per heavy atom. The van der Waals surface area contributed by atoms with Crippen LogP contribution in [0.1, 0.15) is 12.7 Å². The van der Waals surface area contributed by atoms with E-state index in [-0.39, 0.29) is 12.2 Å². The van der Waals surface area contributed by atoms with Crippen molar-refractivity contribution in [2.24, 2.45) is 5.73 Å². The number of amides is 1. The van der Waals surface area contributed by atoms with Crippen molar-refractivity contribution in [3.8, 4) is 0 Å². The summed E-state index contributed by atoms with van der Waals surface area (Å²) in [6.45, 7) is 1.19. The van der Waals surface area contributed by atoms with E-state index in [0.717, 1.165) is 4.85 Å². The van der Waals surface area contributed by atoms with E-state index in [0.29, 0.717) is 0 Å². The van der Waals surface area contributed by atoms with Crippen LogP contribution >= 0.6 is 0 Å². The van der Waals surface area contributed by atoms with Crippen LogP contribution in [0.4, 0.5) is 0 Å². The van der Waals surface area contributed by atoms with Gasteiger partial charge in [0.25, 0.3) is 0 Å². The molecule has 0 aliphatic heterocycles. The van der Waals surface area contributed by atoms with Gasteiger partial charge in [-0.2, -0.15) is 0 Å². The Kier molecular flexibility index (Phi) is 2.52. The molecule has 0 aliphatic rings. The lowest BCUT2D eigenvalue weighted by atomic mass is 10.4. The molecular weight excluding hydrogens is 178 g/mol. The number of tetrazole rings is 1. The first kappa shape index (κ1) is 9.10. The minimum Gasteiger partial charge on any atom is -0.369 e. The molecule has 0 atom stereocenters. The molecule has 0 bridgehead atoms. The second kappa shape index (κ2) is 3.61. The van der Waals surface area contributed by atoms with Gasteiger partial charge < -0.3 is 10.6 Å². The Labute approximate surface area is 72.6 Å². The van der Waals surface area contributed by atoms with Crippen LogP contribution in [0, 0.1) is 0 Å². The SMILES string of the molecule is CC(=O)On1nnnc1CC(N)=O. The maximum Gasteiger partial charge on any atom is 0.332 e. The quantitative estimate of drug-likeness (QED) is 0.528. The van der Waals surface area contributed by atoms with E-state index in [1.54, 1.807) is 0 Å². The molecule has 0 saturated heterocycles. The van der Waals surface area contributed by atoms with Crippen LogP contribution in [0.15, 0.2) is 0 Å². The summed E-state index contributed by atoms with van der Waals surface area (Å²) < 4.78 is 0. The van der Waals surface area contributed by atoms with Crippen LogP contribution in [0.25, 0.3) is 0 Å². The molecule has 1 aromatic rings. The van der Waals surface area contributed by atoms with Crippen molar-refractivity contribution in [2.45, 2.75) is 13.3 Å². The zero-order valence-electron chi connectivity index (χ0n) is 6.80. The molecule has 0 aliphatic carbocycles. The van der Waals surface area contributed by atoms with E-state index in [1.165, 1.54) is 6.92 Å². The van der Waals surface area contributed by atoms with Crippen molar-refractivity contribution in [3.05, 3.63) is 5.82 Å². The zero-order valence-corrected chi connectivity index (χ0v) is 6.80. The van der Waals surface area contributed by atoms with Gasteiger partial charge in [0.05, 0.1) is 6.42 Å². The Morgan fingerprint density at radius 2 is 2.31 bits per heavy atom. The summed E-state index contributed by atoms with van der Waals surface area (Å²) in [5, 5.41) is 9.95. The number of carbonyl (C=O) groups excluding carboxylic acids is 2. The molecule has 8 heteroatoms. The van der Waals surface area contributed by atoms with Crippen molar-refractivity contribution >= 4 is 11.9 Å². The van der Waals surface area contributed by atoms with Crippen LogP contribution in [-0.4, -0.2) is 32.2 Å². The standard InChI is InChI=1S/C5H7N5O3/c1-3(11)13-10-5(2-4(6)12)7-8-9-10/h2H2,1H3,(H2,6,12). The number of rotatable bonds is 3. The third-order valence-corrected chi connectivity index (χ3v) is 1.05. The molecule has 0 fully saturated rings. The third-order valence-electron chi connectivity index (χ3n) is 1.05. The van der Waals surface area contributed by atoms with Gasteiger partial charge in [-0.15, -0.1) is 5.10 Å². The van der Waals surface area contributed by atoms with Crippen LogP contribution in [0.2, 0.25) is 0 Å². The minimum absolute atomic E-state index is 0.0858. The fourth-order valence-corrected chi connectivity index (χ4v) is 0.649. The Morgan fingerprint density at radius 3 is 2.85 bits per heavy atom. The van der Waals surface area contributed by atoms with Crippen LogP contribution in [-0.2, 0) is 16.0 Å². The van der Waals surface area contributed by atoms with Crippen molar-refractivity contribution in [2.75, 3.05) is 0 Å². The van der Waals surface area contributed by atoms with E-state index in [2.05, 4.69) is 20.4 Å². The van der Waals surface area contributed by atoms with Crippen molar-refractivity contribution in [3.63, 3.8) is 0 Å². The molecule has 1 heterocycles. The lowest BCUT2D eigenvalue weighted by Crippen LogP contribution is -2.24. The van der Waals surface area contributed by atoms with E-state index in [9.17, 15) is 9.59 Å². The van der Waals surface area contributed by atoms with E-state index < -0.39 is 11.9 Å². The highest BCUT2D eigenvalue weighted by Gasteiger charge is 2.11. The number of hydrogen-bond donors (Lipinski definition) is 1. The van der Waals surface area contributed by atoms with Crippen LogP contribution < -0.4 is 10.6 Å². The monoisotopic (exact) mass is 185 g/mol. The molecule has 0 radical (unpaired) electrons. The number of nitrogens with zero attached hydrogens (tertiary/aromatic N) is 4. The molecule has 8 nitrogen and oxygen atoms in total. The number of aromatic nitrogens is 4. The molecule has 70 valence electrons. The highest BCUT2D eigenvalue weighted by Crippen LogP contribution is 1.89. The van der Waals surface area contributed by atoms with Crippen molar-refractivity contribution in [1.82, 2.24) is 20.4 Å². The lowest BCUT2D eigenvalue weighted by Gasteiger charge is -1.99. The molecule has 0 aromatic carbocycles.